The van der Waals surface area contributed by atoms with Crippen LogP contribution in [0.1, 0.15) is 19.4 Å². The van der Waals surface area contributed by atoms with Crippen molar-refractivity contribution in [2.24, 2.45) is 0 Å². The highest BCUT2D eigenvalue weighted by molar-refractivity contribution is 14.1. The molecule has 0 heterocycles. The first kappa shape index (κ1) is 12.3. The standard InChI is InChI=1S/C11H15ClIN/c1-11(2,8-12)14-7-9-3-5-10(13)6-4-9/h3-6,14H,7-8H2,1-2H3. The molecule has 1 nitrogen and oxygen atoms in total. The van der Waals surface area contributed by atoms with Gasteiger partial charge in [0, 0.05) is 21.5 Å². The van der Waals surface area contributed by atoms with Gasteiger partial charge in [-0.25, -0.2) is 0 Å². The Morgan fingerprint density at radius 1 is 1.29 bits per heavy atom. The van der Waals surface area contributed by atoms with Gasteiger partial charge in [-0.05, 0) is 54.1 Å². The van der Waals surface area contributed by atoms with Gasteiger partial charge in [0.05, 0.1) is 0 Å². The van der Waals surface area contributed by atoms with Gasteiger partial charge in [-0.2, -0.15) is 0 Å². The van der Waals surface area contributed by atoms with Gasteiger partial charge in [0.2, 0.25) is 0 Å². The molecule has 1 rings (SSSR count). The van der Waals surface area contributed by atoms with Crippen LogP contribution in [0.5, 0.6) is 0 Å². The van der Waals surface area contributed by atoms with Crippen molar-refractivity contribution in [1.29, 1.82) is 0 Å². The number of nitrogens with one attached hydrogen (secondary N) is 1. The molecule has 1 aromatic carbocycles. The smallest absolute Gasteiger partial charge is 0.0400 e. The van der Waals surface area contributed by atoms with E-state index in [9.17, 15) is 0 Å². The number of rotatable bonds is 4. The number of halogens is 2. The molecule has 1 aromatic rings. The van der Waals surface area contributed by atoms with E-state index in [1.807, 2.05) is 0 Å². The summed E-state index contributed by atoms with van der Waals surface area (Å²) >= 11 is 8.13. The summed E-state index contributed by atoms with van der Waals surface area (Å²) in [7, 11) is 0. The zero-order valence-electron chi connectivity index (χ0n) is 8.48. The van der Waals surface area contributed by atoms with E-state index in [4.69, 9.17) is 11.6 Å². The molecule has 0 spiro atoms. The molecule has 0 bridgehead atoms. The van der Waals surface area contributed by atoms with Crippen LogP contribution in [0, 0.1) is 3.57 Å². The zero-order chi connectivity index (χ0) is 10.6. The molecular formula is C11H15ClIN. The highest BCUT2D eigenvalue weighted by Gasteiger charge is 2.14. The van der Waals surface area contributed by atoms with Gasteiger partial charge in [0.25, 0.3) is 0 Å². The molecule has 0 radical (unpaired) electrons. The molecule has 3 heteroatoms. The maximum atomic E-state index is 5.82. The summed E-state index contributed by atoms with van der Waals surface area (Å²) in [6.07, 6.45) is 0. The Labute approximate surface area is 104 Å². The molecule has 0 amide bonds. The highest BCUT2D eigenvalue weighted by atomic mass is 127. The second-order valence-electron chi connectivity index (χ2n) is 4.00. The van der Waals surface area contributed by atoms with Crippen molar-refractivity contribution in [3.8, 4) is 0 Å². The Hall–Kier alpha value is 0.200. The first-order chi connectivity index (χ1) is 6.53. The molecule has 0 aliphatic rings. The maximum Gasteiger partial charge on any atom is 0.0400 e. The Morgan fingerprint density at radius 3 is 2.36 bits per heavy atom. The molecule has 78 valence electrons. The summed E-state index contributed by atoms with van der Waals surface area (Å²) < 4.78 is 1.27. The minimum Gasteiger partial charge on any atom is -0.307 e. The van der Waals surface area contributed by atoms with Crippen LogP contribution in [0.25, 0.3) is 0 Å². The summed E-state index contributed by atoms with van der Waals surface area (Å²) in [5.74, 6) is 0.622. The molecule has 0 atom stereocenters. The molecule has 14 heavy (non-hydrogen) atoms. The van der Waals surface area contributed by atoms with Crippen molar-refractivity contribution in [2.75, 3.05) is 5.88 Å². The SMILES string of the molecule is CC(C)(CCl)NCc1ccc(I)cc1. The number of benzene rings is 1. The Kier molecular flexibility index (Phi) is 4.67. The zero-order valence-corrected chi connectivity index (χ0v) is 11.4. The fourth-order valence-electron chi connectivity index (χ4n) is 0.991. The van der Waals surface area contributed by atoms with Crippen molar-refractivity contribution in [2.45, 2.75) is 25.9 Å². The predicted molar refractivity (Wildman–Crippen MR) is 70.8 cm³/mol. The van der Waals surface area contributed by atoms with E-state index in [-0.39, 0.29) is 5.54 Å². The molecule has 1 N–H and O–H groups in total. The van der Waals surface area contributed by atoms with Gasteiger partial charge in [-0.3, -0.25) is 0 Å². The average molecular weight is 324 g/mol. The lowest BCUT2D eigenvalue weighted by molar-refractivity contribution is 0.429. The topological polar surface area (TPSA) is 12.0 Å². The van der Waals surface area contributed by atoms with Gasteiger partial charge < -0.3 is 5.32 Å². The van der Waals surface area contributed by atoms with Crippen LogP contribution in [-0.2, 0) is 6.54 Å². The van der Waals surface area contributed by atoms with Crippen molar-refractivity contribution in [1.82, 2.24) is 5.32 Å². The van der Waals surface area contributed by atoms with Crippen LogP contribution in [0.4, 0.5) is 0 Å². The quantitative estimate of drug-likeness (QED) is 0.661. The third kappa shape index (κ3) is 4.15. The van der Waals surface area contributed by atoms with Crippen LogP contribution >= 0.6 is 34.2 Å². The van der Waals surface area contributed by atoms with Crippen LogP contribution in [0.15, 0.2) is 24.3 Å². The van der Waals surface area contributed by atoms with Gasteiger partial charge in [0.1, 0.15) is 0 Å². The predicted octanol–water partition coefficient (Wildman–Crippen LogP) is 3.40. The molecule has 0 fully saturated rings. The monoisotopic (exact) mass is 323 g/mol. The van der Waals surface area contributed by atoms with Gasteiger partial charge in [-0.15, -0.1) is 11.6 Å². The van der Waals surface area contributed by atoms with E-state index >= 15 is 0 Å². The van der Waals surface area contributed by atoms with Crippen LogP contribution in [0.2, 0.25) is 0 Å². The molecule has 0 saturated heterocycles. The summed E-state index contributed by atoms with van der Waals surface area (Å²) in [5.41, 5.74) is 1.30. The summed E-state index contributed by atoms with van der Waals surface area (Å²) in [6, 6.07) is 8.51. The van der Waals surface area contributed by atoms with Crippen LogP contribution < -0.4 is 5.32 Å². The van der Waals surface area contributed by atoms with Gasteiger partial charge in [0.15, 0.2) is 0 Å². The molecule has 0 aromatic heterocycles. The second-order valence-corrected chi connectivity index (χ2v) is 5.51. The van der Waals surface area contributed by atoms with E-state index in [0.717, 1.165) is 6.54 Å². The number of hydrogen-bond acceptors (Lipinski definition) is 1. The third-order valence-corrected chi connectivity index (χ3v) is 3.41. The van der Waals surface area contributed by atoms with E-state index in [1.165, 1.54) is 9.13 Å². The Bertz CT molecular complexity index is 282. The molecule has 0 aliphatic heterocycles. The number of alkyl halides is 1. The van der Waals surface area contributed by atoms with Crippen molar-refractivity contribution < 1.29 is 0 Å². The Balaban J connectivity index is 2.50. The van der Waals surface area contributed by atoms with Gasteiger partial charge in [-0.1, -0.05) is 12.1 Å². The van der Waals surface area contributed by atoms with E-state index < -0.39 is 0 Å². The van der Waals surface area contributed by atoms with E-state index in [2.05, 4.69) is 66.0 Å². The lowest BCUT2D eigenvalue weighted by atomic mass is 10.1. The van der Waals surface area contributed by atoms with Crippen molar-refractivity contribution in [3.63, 3.8) is 0 Å². The minimum atomic E-state index is 0.00452. The van der Waals surface area contributed by atoms with Gasteiger partial charge >= 0.3 is 0 Å². The van der Waals surface area contributed by atoms with Crippen LogP contribution in [-0.4, -0.2) is 11.4 Å². The third-order valence-electron chi connectivity index (χ3n) is 2.02. The Morgan fingerprint density at radius 2 is 1.86 bits per heavy atom. The highest BCUT2D eigenvalue weighted by Crippen LogP contribution is 2.09. The molecule has 0 aliphatic carbocycles. The van der Waals surface area contributed by atoms with Crippen LogP contribution in [0.3, 0.4) is 0 Å². The number of hydrogen-bond donors (Lipinski definition) is 1. The lowest BCUT2D eigenvalue weighted by Gasteiger charge is -2.23. The van der Waals surface area contributed by atoms with E-state index in [1.54, 1.807) is 0 Å². The molecule has 0 saturated carbocycles. The summed E-state index contributed by atoms with van der Waals surface area (Å²) in [5, 5.41) is 3.41. The molecule has 0 unspecified atom stereocenters. The fraction of sp³-hybridized carbons (Fsp3) is 0.455. The normalized spacial score (nSPS) is 11.7. The van der Waals surface area contributed by atoms with E-state index in [0.29, 0.717) is 5.88 Å². The molecular weight excluding hydrogens is 308 g/mol. The van der Waals surface area contributed by atoms with Crippen molar-refractivity contribution >= 4 is 34.2 Å². The maximum absolute atomic E-state index is 5.82. The summed E-state index contributed by atoms with van der Waals surface area (Å²) in [4.78, 5) is 0. The average Bonchev–Trinajstić information content (AvgIpc) is 2.17. The van der Waals surface area contributed by atoms with Crippen molar-refractivity contribution in [3.05, 3.63) is 33.4 Å². The summed E-state index contributed by atoms with van der Waals surface area (Å²) in [6.45, 7) is 5.08. The fourth-order valence-corrected chi connectivity index (χ4v) is 1.44. The first-order valence-electron chi connectivity index (χ1n) is 4.59. The first-order valence-corrected chi connectivity index (χ1v) is 6.20. The largest absolute Gasteiger partial charge is 0.307 e. The second kappa shape index (κ2) is 5.33. The lowest BCUT2D eigenvalue weighted by Crippen LogP contribution is -2.40. The minimum absolute atomic E-state index is 0.00452.